The van der Waals surface area contributed by atoms with Gasteiger partial charge in [0.05, 0.1) is 6.10 Å². The van der Waals surface area contributed by atoms with Crippen LogP contribution in [0.2, 0.25) is 0 Å². The summed E-state index contributed by atoms with van der Waals surface area (Å²) in [6, 6.07) is 8.80. The van der Waals surface area contributed by atoms with Crippen molar-refractivity contribution < 1.29 is 5.11 Å². The van der Waals surface area contributed by atoms with Gasteiger partial charge in [0.15, 0.2) is 0 Å². The van der Waals surface area contributed by atoms with E-state index in [1.165, 1.54) is 11.3 Å². The summed E-state index contributed by atoms with van der Waals surface area (Å²) < 4.78 is 0. The molecule has 0 spiro atoms. The fourth-order valence-corrected chi connectivity index (χ4v) is 2.72. The molecule has 0 aliphatic heterocycles. The number of aliphatic hydroxyl groups is 1. The van der Waals surface area contributed by atoms with Gasteiger partial charge in [0.1, 0.15) is 0 Å². The SMILES string of the molecule is CC(C)CNCc1ccc(N(C)CC2CC(O)C2)cc1. The molecule has 2 rings (SSSR count). The van der Waals surface area contributed by atoms with E-state index in [2.05, 4.69) is 55.4 Å². The average molecular weight is 276 g/mol. The van der Waals surface area contributed by atoms with E-state index in [0.717, 1.165) is 32.5 Å². The van der Waals surface area contributed by atoms with E-state index in [4.69, 9.17) is 0 Å². The van der Waals surface area contributed by atoms with E-state index >= 15 is 0 Å². The van der Waals surface area contributed by atoms with Gasteiger partial charge in [-0.3, -0.25) is 0 Å². The van der Waals surface area contributed by atoms with E-state index in [1.807, 2.05) is 0 Å². The molecule has 0 bridgehead atoms. The first-order chi connectivity index (χ1) is 9.54. The molecule has 3 nitrogen and oxygen atoms in total. The predicted molar refractivity (Wildman–Crippen MR) is 85.0 cm³/mol. The Hall–Kier alpha value is -1.06. The summed E-state index contributed by atoms with van der Waals surface area (Å²) in [4.78, 5) is 2.29. The molecule has 20 heavy (non-hydrogen) atoms. The zero-order valence-corrected chi connectivity index (χ0v) is 13.0. The predicted octanol–water partition coefficient (Wildman–Crippen LogP) is 2.64. The Morgan fingerprint density at radius 1 is 1.25 bits per heavy atom. The highest BCUT2D eigenvalue weighted by Gasteiger charge is 2.27. The first-order valence-electron chi connectivity index (χ1n) is 7.73. The van der Waals surface area contributed by atoms with Gasteiger partial charge in [-0.15, -0.1) is 0 Å². The minimum Gasteiger partial charge on any atom is -0.393 e. The van der Waals surface area contributed by atoms with Crippen LogP contribution in [0.25, 0.3) is 0 Å². The summed E-state index contributed by atoms with van der Waals surface area (Å²) in [6.07, 6.45) is 1.87. The highest BCUT2D eigenvalue weighted by molar-refractivity contribution is 5.47. The fourth-order valence-electron chi connectivity index (χ4n) is 2.72. The summed E-state index contributed by atoms with van der Waals surface area (Å²) in [5.41, 5.74) is 2.60. The largest absolute Gasteiger partial charge is 0.393 e. The van der Waals surface area contributed by atoms with Gasteiger partial charge < -0.3 is 15.3 Å². The van der Waals surface area contributed by atoms with Crippen molar-refractivity contribution in [1.29, 1.82) is 0 Å². The van der Waals surface area contributed by atoms with Crippen LogP contribution in [0.5, 0.6) is 0 Å². The number of nitrogens with zero attached hydrogens (tertiary/aromatic N) is 1. The fraction of sp³-hybridized carbons (Fsp3) is 0.647. The van der Waals surface area contributed by atoms with Crippen LogP contribution in [-0.2, 0) is 6.54 Å². The van der Waals surface area contributed by atoms with E-state index in [9.17, 15) is 5.11 Å². The van der Waals surface area contributed by atoms with Gasteiger partial charge >= 0.3 is 0 Å². The summed E-state index contributed by atoms with van der Waals surface area (Å²) in [7, 11) is 2.14. The van der Waals surface area contributed by atoms with E-state index in [-0.39, 0.29) is 6.10 Å². The van der Waals surface area contributed by atoms with Gasteiger partial charge in [-0.25, -0.2) is 0 Å². The molecule has 112 valence electrons. The molecule has 0 unspecified atom stereocenters. The quantitative estimate of drug-likeness (QED) is 0.803. The molecule has 0 saturated heterocycles. The first-order valence-corrected chi connectivity index (χ1v) is 7.73. The second-order valence-corrected chi connectivity index (χ2v) is 6.56. The highest BCUT2D eigenvalue weighted by atomic mass is 16.3. The molecule has 0 radical (unpaired) electrons. The van der Waals surface area contributed by atoms with Crippen molar-refractivity contribution in [2.75, 3.05) is 25.0 Å². The van der Waals surface area contributed by atoms with Crippen LogP contribution in [0.15, 0.2) is 24.3 Å². The molecule has 0 aromatic heterocycles. The zero-order valence-electron chi connectivity index (χ0n) is 13.0. The second-order valence-electron chi connectivity index (χ2n) is 6.56. The summed E-state index contributed by atoms with van der Waals surface area (Å²) in [5, 5.41) is 12.8. The van der Waals surface area contributed by atoms with Crippen molar-refractivity contribution in [2.24, 2.45) is 11.8 Å². The van der Waals surface area contributed by atoms with Crippen molar-refractivity contribution in [1.82, 2.24) is 5.32 Å². The van der Waals surface area contributed by atoms with Crippen molar-refractivity contribution in [3.05, 3.63) is 29.8 Å². The van der Waals surface area contributed by atoms with Crippen molar-refractivity contribution >= 4 is 5.69 Å². The third-order valence-electron chi connectivity index (χ3n) is 4.00. The van der Waals surface area contributed by atoms with Gasteiger partial charge in [-0.1, -0.05) is 26.0 Å². The molecular formula is C17H28N2O. The smallest absolute Gasteiger partial charge is 0.0546 e. The Kier molecular flexibility index (Phi) is 5.44. The van der Waals surface area contributed by atoms with E-state index in [0.29, 0.717) is 11.8 Å². The highest BCUT2D eigenvalue weighted by Crippen LogP contribution is 2.29. The molecule has 1 aromatic rings. The lowest BCUT2D eigenvalue weighted by atomic mass is 9.82. The molecule has 1 aliphatic carbocycles. The Balaban J connectivity index is 1.78. The molecule has 1 aromatic carbocycles. The molecule has 0 amide bonds. The molecule has 1 saturated carbocycles. The van der Waals surface area contributed by atoms with Crippen LogP contribution in [0, 0.1) is 11.8 Å². The van der Waals surface area contributed by atoms with Crippen LogP contribution >= 0.6 is 0 Å². The topological polar surface area (TPSA) is 35.5 Å². The lowest BCUT2D eigenvalue weighted by Gasteiger charge is -2.35. The maximum atomic E-state index is 9.33. The number of aliphatic hydroxyl groups excluding tert-OH is 1. The van der Waals surface area contributed by atoms with Crippen LogP contribution in [0.1, 0.15) is 32.3 Å². The number of benzene rings is 1. The Morgan fingerprint density at radius 3 is 2.45 bits per heavy atom. The Morgan fingerprint density at radius 2 is 1.90 bits per heavy atom. The van der Waals surface area contributed by atoms with E-state index < -0.39 is 0 Å². The molecule has 3 heteroatoms. The number of rotatable bonds is 7. The first kappa shape index (κ1) is 15.3. The molecule has 0 heterocycles. The normalized spacial score (nSPS) is 21.9. The molecule has 0 atom stereocenters. The minimum atomic E-state index is -0.0530. The molecule has 2 N–H and O–H groups in total. The zero-order chi connectivity index (χ0) is 14.5. The van der Waals surface area contributed by atoms with Gasteiger partial charge in [0, 0.05) is 25.8 Å². The van der Waals surface area contributed by atoms with Gasteiger partial charge in [0.2, 0.25) is 0 Å². The lowest BCUT2D eigenvalue weighted by molar-refractivity contribution is 0.0465. The van der Waals surface area contributed by atoms with Gasteiger partial charge in [-0.05, 0) is 48.9 Å². The Bertz CT molecular complexity index is 396. The van der Waals surface area contributed by atoms with Gasteiger partial charge in [-0.2, -0.15) is 0 Å². The number of nitrogens with one attached hydrogen (secondary N) is 1. The maximum absolute atomic E-state index is 9.33. The molecule has 1 fully saturated rings. The minimum absolute atomic E-state index is 0.0530. The van der Waals surface area contributed by atoms with Crippen molar-refractivity contribution in [3.63, 3.8) is 0 Å². The molecule has 1 aliphatic rings. The lowest BCUT2D eigenvalue weighted by Crippen LogP contribution is -2.37. The summed E-state index contributed by atoms with van der Waals surface area (Å²) in [5.74, 6) is 1.35. The third-order valence-corrected chi connectivity index (χ3v) is 4.00. The second kappa shape index (κ2) is 7.09. The monoisotopic (exact) mass is 276 g/mol. The molecular weight excluding hydrogens is 248 g/mol. The number of hydrogen-bond donors (Lipinski definition) is 2. The number of anilines is 1. The van der Waals surface area contributed by atoms with Crippen LogP contribution < -0.4 is 10.2 Å². The van der Waals surface area contributed by atoms with Crippen LogP contribution in [0.3, 0.4) is 0 Å². The van der Waals surface area contributed by atoms with Crippen molar-refractivity contribution in [2.45, 2.75) is 39.3 Å². The maximum Gasteiger partial charge on any atom is 0.0546 e. The third kappa shape index (κ3) is 4.50. The van der Waals surface area contributed by atoms with Gasteiger partial charge in [0.25, 0.3) is 0 Å². The van der Waals surface area contributed by atoms with Crippen LogP contribution in [-0.4, -0.2) is 31.3 Å². The average Bonchev–Trinajstić information content (AvgIpc) is 2.37. The Labute approximate surface area is 123 Å². The number of hydrogen-bond acceptors (Lipinski definition) is 3. The van der Waals surface area contributed by atoms with E-state index in [1.54, 1.807) is 0 Å². The summed E-state index contributed by atoms with van der Waals surface area (Å²) in [6.45, 7) is 7.50. The standard InChI is InChI=1S/C17H28N2O/c1-13(2)10-18-11-14-4-6-16(7-5-14)19(3)12-15-8-17(20)9-15/h4-7,13,15,17-18,20H,8-12H2,1-3H3. The van der Waals surface area contributed by atoms with Crippen LogP contribution in [0.4, 0.5) is 5.69 Å². The van der Waals surface area contributed by atoms with Crippen molar-refractivity contribution in [3.8, 4) is 0 Å². The summed E-state index contributed by atoms with van der Waals surface area (Å²) >= 11 is 0.